The van der Waals surface area contributed by atoms with Crippen molar-refractivity contribution in [1.29, 1.82) is 0 Å². The molecule has 0 aromatic heterocycles. The summed E-state index contributed by atoms with van der Waals surface area (Å²) in [5, 5.41) is 3.16. The molecule has 0 radical (unpaired) electrons. The lowest BCUT2D eigenvalue weighted by Crippen LogP contribution is -2.30. The molecule has 1 N–H and O–H groups in total. The molecule has 0 aliphatic rings. The van der Waals surface area contributed by atoms with Gasteiger partial charge in [-0.1, -0.05) is 32.0 Å². The number of nitrogens with one attached hydrogen (secondary N) is 1. The van der Waals surface area contributed by atoms with Crippen LogP contribution in [0.1, 0.15) is 37.9 Å². The fourth-order valence-corrected chi connectivity index (χ4v) is 4.15. The van der Waals surface area contributed by atoms with Crippen LogP contribution in [-0.2, 0) is 16.6 Å². The average molecular weight is 382 g/mol. The van der Waals surface area contributed by atoms with Crippen LogP contribution in [0.25, 0.3) is 0 Å². The Labute approximate surface area is 153 Å². The Morgan fingerprint density at radius 3 is 2.19 bits per heavy atom. The van der Waals surface area contributed by atoms with E-state index in [1.165, 1.54) is 16.4 Å². The number of rotatable bonds is 8. The summed E-state index contributed by atoms with van der Waals surface area (Å²) >= 11 is 0. The summed E-state index contributed by atoms with van der Waals surface area (Å²) in [5.74, 6) is -1.20. The van der Waals surface area contributed by atoms with Crippen LogP contribution in [0.4, 0.5) is 8.78 Å². The quantitative estimate of drug-likeness (QED) is 0.755. The highest BCUT2D eigenvalue weighted by Crippen LogP contribution is 2.20. The third kappa shape index (κ3) is 4.66. The highest BCUT2D eigenvalue weighted by Gasteiger charge is 2.21. The summed E-state index contributed by atoms with van der Waals surface area (Å²) in [7, 11) is -3.48. The second-order valence-corrected chi connectivity index (χ2v) is 7.93. The number of hydrogen-bond acceptors (Lipinski definition) is 3. The smallest absolute Gasteiger partial charge is 0.243 e. The molecular weight excluding hydrogens is 358 g/mol. The van der Waals surface area contributed by atoms with Crippen LogP contribution < -0.4 is 5.32 Å². The fraction of sp³-hybridized carbons (Fsp3) is 0.368. The molecule has 0 aliphatic carbocycles. The molecule has 142 valence electrons. The Morgan fingerprint density at radius 2 is 1.65 bits per heavy atom. The Balaban J connectivity index is 2.07. The number of benzene rings is 2. The van der Waals surface area contributed by atoms with Gasteiger partial charge in [0.05, 0.1) is 4.90 Å². The summed E-state index contributed by atoms with van der Waals surface area (Å²) in [5.41, 5.74) is 1.25. The summed E-state index contributed by atoms with van der Waals surface area (Å²) in [6.45, 7) is 6.58. The summed E-state index contributed by atoms with van der Waals surface area (Å²) < 4.78 is 53.0. The third-order valence-electron chi connectivity index (χ3n) is 4.34. The molecule has 0 spiro atoms. The molecule has 0 saturated carbocycles. The van der Waals surface area contributed by atoms with Crippen molar-refractivity contribution in [2.45, 2.75) is 38.3 Å². The highest BCUT2D eigenvalue weighted by atomic mass is 32.2. The molecule has 4 nitrogen and oxygen atoms in total. The van der Waals surface area contributed by atoms with Crippen molar-refractivity contribution >= 4 is 10.0 Å². The van der Waals surface area contributed by atoms with E-state index < -0.39 is 21.7 Å². The molecule has 0 amide bonds. The maximum atomic E-state index is 13.7. The van der Waals surface area contributed by atoms with Gasteiger partial charge in [-0.2, -0.15) is 4.31 Å². The lowest BCUT2D eigenvalue weighted by Gasteiger charge is -2.19. The molecule has 26 heavy (non-hydrogen) atoms. The fourth-order valence-electron chi connectivity index (χ4n) is 2.69. The molecule has 2 rings (SSSR count). The van der Waals surface area contributed by atoms with Crippen molar-refractivity contribution in [3.05, 3.63) is 65.2 Å². The minimum atomic E-state index is -3.48. The number of hydrogen-bond donors (Lipinski definition) is 1. The van der Waals surface area contributed by atoms with Crippen molar-refractivity contribution in [3.63, 3.8) is 0 Å². The first-order valence-corrected chi connectivity index (χ1v) is 10.0. The lowest BCUT2D eigenvalue weighted by molar-refractivity contribution is 0.445. The van der Waals surface area contributed by atoms with E-state index in [4.69, 9.17) is 0 Å². The van der Waals surface area contributed by atoms with Gasteiger partial charge in [0.25, 0.3) is 0 Å². The van der Waals surface area contributed by atoms with Crippen LogP contribution in [0.3, 0.4) is 0 Å². The van der Waals surface area contributed by atoms with Gasteiger partial charge in [-0.05, 0) is 30.7 Å². The van der Waals surface area contributed by atoms with E-state index in [0.29, 0.717) is 18.7 Å². The van der Waals surface area contributed by atoms with Crippen LogP contribution in [0.5, 0.6) is 0 Å². The monoisotopic (exact) mass is 382 g/mol. The molecule has 0 bridgehead atoms. The zero-order chi connectivity index (χ0) is 19.3. The molecule has 0 saturated heterocycles. The SMILES string of the molecule is CCN(CC)S(=O)(=O)c1ccc(C(C)NCc2ccc(F)cc2F)cc1. The minimum absolute atomic E-state index is 0.121. The van der Waals surface area contributed by atoms with E-state index in [9.17, 15) is 17.2 Å². The van der Waals surface area contributed by atoms with Gasteiger partial charge in [0, 0.05) is 37.3 Å². The van der Waals surface area contributed by atoms with Crippen molar-refractivity contribution in [3.8, 4) is 0 Å². The molecule has 2 aromatic carbocycles. The lowest BCUT2D eigenvalue weighted by atomic mass is 10.1. The molecule has 2 aromatic rings. The standard InChI is InChI=1S/C19H24F2N2O2S/c1-4-23(5-2)26(24,25)18-10-7-15(8-11-18)14(3)22-13-16-6-9-17(20)12-19(16)21/h6-12,14,22H,4-5,13H2,1-3H3. The molecule has 0 aliphatic heterocycles. The topological polar surface area (TPSA) is 49.4 Å². The van der Waals surface area contributed by atoms with Gasteiger partial charge in [0.2, 0.25) is 10.0 Å². The molecular formula is C19H24F2N2O2S. The van der Waals surface area contributed by atoms with Gasteiger partial charge in [0.15, 0.2) is 0 Å². The first-order valence-electron chi connectivity index (χ1n) is 8.57. The van der Waals surface area contributed by atoms with Crippen molar-refractivity contribution in [1.82, 2.24) is 9.62 Å². The number of nitrogens with zero attached hydrogens (tertiary/aromatic N) is 1. The third-order valence-corrected chi connectivity index (χ3v) is 6.40. The van der Waals surface area contributed by atoms with Crippen LogP contribution in [0.15, 0.2) is 47.4 Å². The van der Waals surface area contributed by atoms with E-state index in [1.54, 1.807) is 38.1 Å². The van der Waals surface area contributed by atoms with Gasteiger partial charge in [-0.25, -0.2) is 17.2 Å². The highest BCUT2D eigenvalue weighted by molar-refractivity contribution is 7.89. The van der Waals surface area contributed by atoms with Crippen LogP contribution in [-0.4, -0.2) is 25.8 Å². The maximum Gasteiger partial charge on any atom is 0.243 e. The number of halogens is 2. The molecule has 1 unspecified atom stereocenters. The van der Waals surface area contributed by atoms with Crippen LogP contribution in [0.2, 0.25) is 0 Å². The second kappa shape index (κ2) is 8.70. The molecule has 0 fully saturated rings. The Kier molecular flexibility index (Phi) is 6.86. The van der Waals surface area contributed by atoms with Gasteiger partial charge < -0.3 is 5.32 Å². The van der Waals surface area contributed by atoms with E-state index in [2.05, 4.69) is 5.32 Å². The Morgan fingerprint density at radius 1 is 1.04 bits per heavy atom. The van der Waals surface area contributed by atoms with E-state index in [0.717, 1.165) is 11.6 Å². The van der Waals surface area contributed by atoms with Crippen molar-refractivity contribution in [2.24, 2.45) is 0 Å². The van der Waals surface area contributed by atoms with Crippen molar-refractivity contribution in [2.75, 3.05) is 13.1 Å². The second-order valence-electron chi connectivity index (χ2n) is 6.00. The zero-order valence-electron chi connectivity index (χ0n) is 15.2. The zero-order valence-corrected chi connectivity index (χ0v) is 16.0. The Hall–Kier alpha value is -1.83. The van der Waals surface area contributed by atoms with E-state index in [-0.39, 0.29) is 17.5 Å². The van der Waals surface area contributed by atoms with Crippen LogP contribution in [0, 0.1) is 11.6 Å². The largest absolute Gasteiger partial charge is 0.306 e. The summed E-state index contributed by atoms with van der Waals surface area (Å²) in [6.07, 6.45) is 0. The van der Waals surface area contributed by atoms with Gasteiger partial charge >= 0.3 is 0 Å². The first kappa shape index (κ1) is 20.5. The Bertz CT molecular complexity index is 835. The van der Waals surface area contributed by atoms with Crippen LogP contribution >= 0.6 is 0 Å². The maximum absolute atomic E-state index is 13.7. The minimum Gasteiger partial charge on any atom is -0.306 e. The normalized spacial score (nSPS) is 13.2. The van der Waals surface area contributed by atoms with E-state index >= 15 is 0 Å². The van der Waals surface area contributed by atoms with Crippen molar-refractivity contribution < 1.29 is 17.2 Å². The summed E-state index contributed by atoms with van der Waals surface area (Å²) in [6, 6.07) is 10.0. The average Bonchev–Trinajstić information content (AvgIpc) is 2.61. The van der Waals surface area contributed by atoms with Gasteiger partial charge in [-0.15, -0.1) is 0 Å². The van der Waals surface area contributed by atoms with Gasteiger partial charge in [0.1, 0.15) is 11.6 Å². The molecule has 0 heterocycles. The van der Waals surface area contributed by atoms with Gasteiger partial charge in [-0.3, -0.25) is 0 Å². The molecule has 1 atom stereocenters. The molecule has 7 heteroatoms. The predicted octanol–water partition coefficient (Wildman–Crippen LogP) is 3.85. The predicted molar refractivity (Wildman–Crippen MR) is 98.2 cm³/mol. The first-order chi connectivity index (χ1) is 12.3. The van der Waals surface area contributed by atoms with E-state index in [1.807, 2.05) is 6.92 Å². The number of sulfonamides is 1. The summed E-state index contributed by atoms with van der Waals surface area (Å²) in [4.78, 5) is 0.252.